The Labute approximate surface area is 99.8 Å². The van der Waals surface area contributed by atoms with Crippen molar-refractivity contribution >= 4 is 19.7 Å². The van der Waals surface area contributed by atoms with Crippen LogP contribution in [-0.4, -0.2) is 15.0 Å². The summed E-state index contributed by atoms with van der Waals surface area (Å²) in [4.78, 5) is 0.176. The third kappa shape index (κ3) is 2.18. The average Bonchev–Trinajstić information content (AvgIpc) is 2.26. The van der Waals surface area contributed by atoms with Crippen molar-refractivity contribution in [2.24, 2.45) is 0 Å². The van der Waals surface area contributed by atoms with Crippen molar-refractivity contribution < 1.29 is 13.2 Å². The summed E-state index contributed by atoms with van der Waals surface area (Å²) in [6, 6.07) is 3.22. The highest BCUT2D eigenvalue weighted by atomic mass is 35.7. The van der Waals surface area contributed by atoms with E-state index in [9.17, 15) is 8.42 Å². The van der Waals surface area contributed by atoms with E-state index in [0.29, 0.717) is 6.61 Å². The first kappa shape index (κ1) is 11.7. The topological polar surface area (TPSA) is 43.4 Å². The van der Waals surface area contributed by atoms with Crippen molar-refractivity contribution in [1.29, 1.82) is 0 Å². The normalized spacial score (nSPS) is 15.4. The van der Waals surface area contributed by atoms with Crippen LogP contribution in [0.3, 0.4) is 0 Å². The van der Waals surface area contributed by atoms with Crippen LogP contribution in [0.1, 0.15) is 24.5 Å². The van der Waals surface area contributed by atoms with Crippen LogP contribution >= 0.6 is 10.7 Å². The molecule has 0 saturated heterocycles. The van der Waals surface area contributed by atoms with Crippen molar-refractivity contribution in [3.8, 4) is 5.75 Å². The summed E-state index contributed by atoms with van der Waals surface area (Å²) >= 11 is 0. The molecule has 0 aliphatic carbocycles. The van der Waals surface area contributed by atoms with Gasteiger partial charge in [-0.15, -0.1) is 0 Å². The molecule has 0 unspecified atom stereocenters. The zero-order valence-electron chi connectivity index (χ0n) is 8.99. The summed E-state index contributed by atoms with van der Waals surface area (Å²) < 4.78 is 28.2. The summed E-state index contributed by atoms with van der Waals surface area (Å²) in [5, 5.41) is 0. The Hall–Kier alpha value is -0.740. The average molecular weight is 261 g/mol. The number of halogens is 1. The maximum absolute atomic E-state index is 11.3. The molecular formula is C11H13ClO3S. The maximum atomic E-state index is 11.3. The van der Waals surface area contributed by atoms with Crippen molar-refractivity contribution in [3.05, 3.63) is 23.3 Å². The van der Waals surface area contributed by atoms with E-state index < -0.39 is 9.05 Å². The van der Waals surface area contributed by atoms with Crippen LogP contribution in [0.15, 0.2) is 17.0 Å². The number of benzene rings is 1. The second-order valence-electron chi connectivity index (χ2n) is 3.81. The van der Waals surface area contributed by atoms with Gasteiger partial charge in [-0.1, -0.05) is 6.92 Å². The van der Waals surface area contributed by atoms with E-state index in [2.05, 4.69) is 0 Å². The number of ether oxygens (including phenoxy) is 1. The van der Waals surface area contributed by atoms with Crippen LogP contribution in [0.5, 0.6) is 5.75 Å². The molecule has 2 rings (SSSR count). The van der Waals surface area contributed by atoms with E-state index in [4.69, 9.17) is 15.4 Å². The van der Waals surface area contributed by atoms with Gasteiger partial charge in [0, 0.05) is 10.7 Å². The van der Waals surface area contributed by atoms with Crippen molar-refractivity contribution in [1.82, 2.24) is 0 Å². The zero-order valence-corrected chi connectivity index (χ0v) is 10.6. The Morgan fingerprint density at radius 2 is 2.19 bits per heavy atom. The SMILES string of the molecule is CCc1cc(S(=O)(=O)Cl)cc2c1OCCC2. The molecule has 1 aromatic rings. The molecule has 0 N–H and O–H groups in total. The fourth-order valence-electron chi connectivity index (χ4n) is 1.93. The molecule has 0 spiro atoms. The minimum atomic E-state index is -3.65. The first-order valence-electron chi connectivity index (χ1n) is 5.25. The third-order valence-electron chi connectivity index (χ3n) is 2.72. The minimum Gasteiger partial charge on any atom is -0.493 e. The number of fused-ring (bicyclic) bond motifs is 1. The highest BCUT2D eigenvalue weighted by Crippen LogP contribution is 2.33. The molecule has 1 heterocycles. The van der Waals surface area contributed by atoms with Crippen molar-refractivity contribution in [2.45, 2.75) is 31.1 Å². The maximum Gasteiger partial charge on any atom is 0.261 e. The van der Waals surface area contributed by atoms with Crippen molar-refractivity contribution in [2.75, 3.05) is 6.61 Å². The largest absolute Gasteiger partial charge is 0.493 e. The molecule has 0 atom stereocenters. The second-order valence-corrected chi connectivity index (χ2v) is 6.38. The zero-order chi connectivity index (χ0) is 11.8. The molecule has 0 fully saturated rings. The van der Waals surface area contributed by atoms with Gasteiger partial charge in [-0.3, -0.25) is 0 Å². The molecule has 5 heteroatoms. The van der Waals surface area contributed by atoms with Gasteiger partial charge in [-0.25, -0.2) is 8.42 Å². The Balaban J connectivity index is 2.61. The van der Waals surface area contributed by atoms with Crippen molar-refractivity contribution in [3.63, 3.8) is 0 Å². The van der Waals surface area contributed by atoms with Gasteiger partial charge in [-0.2, -0.15) is 0 Å². The highest BCUT2D eigenvalue weighted by Gasteiger charge is 2.19. The molecule has 0 radical (unpaired) electrons. The third-order valence-corrected chi connectivity index (χ3v) is 4.05. The lowest BCUT2D eigenvalue weighted by Gasteiger charge is -2.20. The van der Waals surface area contributed by atoms with E-state index in [0.717, 1.165) is 36.1 Å². The Kier molecular flexibility index (Phi) is 3.13. The van der Waals surface area contributed by atoms with E-state index in [1.165, 1.54) is 0 Å². The van der Waals surface area contributed by atoms with Gasteiger partial charge in [0.2, 0.25) is 0 Å². The number of hydrogen-bond acceptors (Lipinski definition) is 3. The van der Waals surface area contributed by atoms with E-state index >= 15 is 0 Å². The summed E-state index contributed by atoms with van der Waals surface area (Å²) in [7, 11) is 1.71. The van der Waals surface area contributed by atoms with Crippen LogP contribution in [0.25, 0.3) is 0 Å². The first-order chi connectivity index (χ1) is 7.52. The molecule has 16 heavy (non-hydrogen) atoms. The summed E-state index contributed by atoms with van der Waals surface area (Å²) in [6.45, 7) is 2.67. The molecule has 1 aromatic carbocycles. The van der Waals surface area contributed by atoms with Gasteiger partial charge in [0.15, 0.2) is 0 Å². The predicted octanol–water partition coefficient (Wildman–Crippen LogP) is 2.50. The van der Waals surface area contributed by atoms with Gasteiger partial charge in [0.25, 0.3) is 9.05 Å². The molecular weight excluding hydrogens is 248 g/mol. The number of hydrogen-bond donors (Lipinski definition) is 0. The van der Waals surface area contributed by atoms with E-state index in [-0.39, 0.29) is 4.90 Å². The van der Waals surface area contributed by atoms with Gasteiger partial charge in [0.05, 0.1) is 11.5 Å². The molecule has 1 aliphatic heterocycles. The Bertz CT molecular complexity index is 491. The van der Waals surface area contributed by atoms with Gasteiger partial charge < -0.3 is 4.74 Å². The lowest BCUT2D eigenvalue weighted by atomic mass is 10.0. The lowest BCUT2D eigenvalue weighted by molar-refractivity contribution is 0.285. The first-order valence-corrected chi connectivity index (χ1v) is 7.56. The fourth-order valence-corrected chi connectivity index (χ4v) is 2.77. The van der Waals surface area contributed by atoms with Crippen LogP contribution in [0.2, 0.25) is 0 Å². The molecule has 0 aromatic heterocycles. The smallest absolute Gasteiger partial charge is 0.261 e. The fraction of sp³-hybridized carbons (Fsp3) is 0.455. The molecule has 0 amide bonds. The second kappa shape index (κ2) is 4.26. The Morgan fingerprint density at radius 1 is 1.44 bits per heavy atom. The standard InChI is InChI=1S/C11H13ClO3S/c1-2-8-6-10(16(12,13)14)7-9-4-3-5-15-11(8)9/h6-7H,2-5H2,1H3. The highest BCUT2D eigenvalue weighted by molar-refractivity contribution is 8.13. The molecule has 1 aliphatic rings. The summed E-state index contributed by atoms with van der Waals surface area (Å²) in [5.41, 5.74) is 1.86. The van der Waals surface area contributed by atoms with Gasteiger partial charge in [-0.05, 0) is 42.5 Å². The lowest BCUT2D eigenvalue weighted by Crippen LogP contribution is -2.11. The van der Waals surface area contributed by atoms with E-state index in [1.807, 2.05) is 6.92 Å². The summed E-state index contributed by atoms with van der Waals surface area (Å²) in [6.07, 6.45) is 2.51. The molecule has 0 saturated carbocycles. The molecule has 0 bridgehead atoms. The van der Waals surface area contributed by atoms with Crippen LogP contribution in [0.4, 0.5) is 0 Å². The molecule has 88 valence electrons. The summed E-state index contributed by atoms with van der Waals surface area (Å²) in [5.74, 6) is 0.845. The monoisotopic (exact) mass is 260 g/mol. The Morgan fingerprint density at radius 3 is 2.81 bits per heavy atom. The quantitative estimate of drug-likeness (QED) is 0.768. The number of aryl methyl sites for hydroxylation is 2. The van der Waals surface area contributed by atoms with Crippen LogP contribution in [0, 0.1) is 0 Å². The van der Waals surface area contributed by atoms with Crippen LogP contribution < -0.4 is 4.74 Å². The minimum absolute atomic E-state index is 0.176. The van der Waals surface area contributed by atoms with Gasteiger partial charge in [0.1, 0.15) is 5.75 Å². The predicted molar refractivity (Wildman–Crippen MR) is 62.7 cm³/mol. The van der Waals surface area contributed by atoms with Gasteiger partial charge >= 0.3 is 0 Å². The molecule has 3 nitrogen and oxygen atoms in total. The number of rotatable bonds is 2. The van der Waals surface area contributed by atoms with E-state index in [1.54, 1.807) is 12.1 Å². The van der Waals surface area contributed by atoms with Crippen LogP contribution in [-0.2, 0) is 21.9 Å².